The van der Waals surface area contributed by atoms with E-state index >= 15 is 0 Å². The van der Waals surface area contributed by atoms with Gasteiger partial charge in [0.25, 0.3) is 0 Å². The smallest absolute Gasteiger partial charge is 0.307 e. The molecule has 0 heterocycles. The van der Waals surface area contributed by atoms with Crippen molar-refractivity contribution in [3.8, 4) is 0 Å². The number of aliphatic carboxylic acids is 1. The van der Waals surface area contributed by atoms with Gasteiger partial charge in [-0.1, -0.05) is 6.92 Å². The second-order valence-electron chi connectivity index (χ2n) is 5.25. The Kier molecular flexibility index (Phi) is 4.01. The quantitative estimate of drug-likeness (QED) is 0.896. The van der Waals surface area contributed by atoms with Crippen molar-refractivity contribution in [1.29, 1.82) is 0 Å². The third-order valence-electron chi connectivity index (χ3n) is 3.64. The molecule has 108 valence electrons. The molecule has 0 aliphatic heterocycles. The number of amides is 1. The van der Waals surface area contributed by atoms with E-state index in [1.165, 1.54) is 6.07 Å². The van der Waals surface area contributed by atoms with Gasteiger partial charge in [-0.25, -0.2) is 8.78 Å². The molecule has 4 nitrogen and oxygen atoms in total. The average molecular weight is 283 g/mol. The molecule has 2 rings (SSSR count). The molecule has 1 amide bonds. The van der Waals surface area contributed by atoms with Crippen LogP contribution < -0.4 is 5.32 Å². The summed E-state index contributed by atoms with van der Waals surface area (Å²) in [6, 6.07) is 3.03. The van der Waals surface area contributed by atoms with Crippen LogP contribution in [0.25, 0.3) is 0 Å². The van der Waals surface area contributed by atoms with E-state index in [9.17, 15) is 18.4 Å². The fourth-order valence-corrected chi connectivity index (χ4v) is 2.66. The first kappa shape index (κ1) is 14.4. The fourth-order valence-electron chi connectivity index (χ4n) is 2.66. The van der Waals surface area contributed by atoms with Gasteiger partial charge in [0.2, 0.25) is 5.91 Å². The van der Waals surface area contributed by atoms with Crippen LogP contribution in [0.15, 0.2) is 18.2 Å². The van der Waals surface area contributed by atoms with Gasteiger partial charge in [0, 0.05) is 11.8 Å². The maximum Gasteiger partial charge on any atom is 0.307 e. The number of carboxylic acid groups (broad SMARTS) is 1. The van der Waals surface area contributed by atoms with Crippen LogP contribution in [0.4, 0.5) is 14.5 Å². The van der Waals surface area contributed by atoms with Crippen LogP contribution in [0.1, 0.15) is 19.8 Å². The van der Waals surface area contributed by atoms with Crippen LogP contribution in [-0.4, -0.2) is 17.0 Å². The molecule has 1 unspecified atom stereocenters. The molecule has 0 aromatic heterocycles. The van der Waals surface area contributed by atoms with Gasteiger partial charge in [0.15, 0.2) is 11.6 Å². The Morgan fingerprint density at radius 2 is 1.85 bits per heavy atom. The number of nitrogens with one attached hydrogen (secondary N) is 1. The number of hydrogen-bond donors (Lipinski definition) is 2. The fraction of sp³-hybridized carbons (Fsp3) is 0.429. The lowest BCUT2D eigenvalue weighted by molar-refractivity contribution is -0.145. The van der Waals surface area contributed by atoms with E-state index in [0.717, 1.165) is 12.1 Å². The molecule has 2 N–H and O–H groups in total. The molecule has 3 atom stereocenters. The Bertz CT molecular complexity index is 547. The largest absolute Gasteiger partial charge is 0.481 e. The summed E-state index contributed by atoms with van der Waals surface area (Å²) in [7, 11) is 0. The highest BCUT2D eigenvalue weighted by Gasteiger charge is 2.41. The number of carbonyl (C=O) groups is 2. The predicted molar refractivity (Wildman–Crippen MR) is 68.0 cm³/mol. The topological polar surface area (TPSA) is 66.4 Å². The highest BCUT2D eigenvalue weighted by atomic mass is 19.2. The number of anilines is 1. The Morgan fingerprint density at radius 3 is 2.45 bits per heavy atom. The van der Waals surface area contributed by atoms with Crippen LogP contribution in [0.3, 0.4) is 0 Å². The minimum absolute atomic E-state index is 0.123. The van der Waals surface area contributed by atoms with Gasteiger partial charge in [-0.15, -0.1) is 0 Å². The van der Waals surface area contributed by atoms with E-state index < -0.39 is 35.3 Å². The molecule has 1 saturated carbocycles. The van der Waals surface area contributed by atoms with Gasteiger partial charge in [-0.2, -0.15) is 0 Å². The Balaban J connectivity index is 2.11. The van der Waals surface area contributed by atoms with E-state index in [2.05, 4.69) is 5.32 Å². The third kappa shape index (κ3) is 2.95. The summed E-state index contributed by atoms with van der Waals surface area (Å²) in [5.41, 5.74) is 0.123. The summed E-state index contributed by atoms with van der Waals surface area (Å²) in [4.78, 5) is 23.2. The molecular weight excluding hydrogens is 268 g/mol. The Labute approximate surface area is 114 Å². The van der Waals surface area contributed by atoms with E-state index in [4.69, 9.17) is 5.11 Å². The van der Waals surface area contributed by atoms with Gasteiger partial charge < -0.3 is 10.4 Å². The highest BCUT2D eigenvalue weighted by Crippen LogP contribution is 2.37. The van der Waals surface area contributed by atoms with Crippen molar-refractivity contribution in [2.45, 2.75) is 19.8 Å². The van der Waals surface area contributed by atoms with Crippen LogP contribution in [0.5, 0.6) is 0 Å². The maximum atomic E-state index is 13.1. The van der Waals surface area contributed by atoms with Crippen molar-refractivity contribution in [1.82, 2.24) is 0 Å². The van der Waals surface area contributed by atoms with Crippen molar-refractivity contribution >= 4 is 17.6 Å². The van der Waals surface area contributed by atoms with Crippen molar-refractivity contribution in [2.24, 2.45) is 17.8 Å². The van der Waals surface area contributed by atoms with E-state index in [1.54, 1.807) is 0 Å². The van der Waals surface area contributed by atoms with Crippen LogP contribution >= 0.6 is 0 Å². The van der Waals surface area contributed by atoms with Gasteiger partial charge in [0.05, 0.1) is 11.8 Å². The first-order valence-corrected chi connectivity index (χ1v) is 6.37. The van der Waals surface area contributed by atoms with Crippen molar-refractivity contribution in [2.75, 3.05) is 5.32 Å². The van der Waals surface area contributed by atoms with Gasteiger partial charge >= 0.3 is 5.97 Å². The molecule has 1 aromatic rings. The molecule has 0 radical (unpaired) electrons. The third-order valence-corrected chi connectivity index (χ3v) is 3.64. The second kappa shape index (κ2) is 5.56. The number of rotatable bonds is 3. The summed E-state index contributed by atoms with van der Waals surface area (Å²) in [5, 5.41) is 11.6. The predicted octanol–water partition coefficient (Wildman–Crippen LogP) is 2.65. The number of hydrogen-bond acceptors (Lipinski definition) is 2. The number of halogens is 2. The monoisotopic (exact) mass is 283 g/mol. The van der Waals surface area contributed by atoms with Gasteiger partial charge in [-0.3, -0.25) is 9.59 Å². The zero-order valence-corrected chi connectivity index (χ0v) is 10.9. The molecule has 0 bridgehead atoms. The highest BCUT2D eigenvalue weighted by molar-refractivity contribution is 5.95. The molecule has 0 saturated heterocycles. The minimum Gasteiger partial charge on any atom is -0.481 e. The van der Waals surface area contributed by atoms with E-state index in [1.807, 2.05) is 6.92 Å². The SMILES string of the molecule is CC1C[C@H](C(=O)Nc2ccc(F)c(F)c2)[C@H](C(=O)O)C1. The molecular formula is C14H15F2NO3. The van der Waals surface area contributed by atoms with Crippen molar-refractivity contribution in [3.63, 3.8) is 0 Å². The lowest BCUT2D eigenvalue weighted by atomic mass is 9.95. The maximum absolute atomic E-state index is 13.1. The summed E-state index contributed by atoms with van der Waals surface area (Å²) in [6.07, 6.45) is 0.928. The normalized spacial score (nSPS) is 25.4. The van der Waals surface area contributed by atoms with E-state index in [-0.39, 0.29) is 11.6 Å². The molecule has 20 heavy (non-hydrogen) atoms. The summed E-state index contributed by atoms with van der Waals surface area (Å²) >= 11 is 0. The van der Waals surface area contributed by atoms with Crippen LogP contribution in [0, 0.1) is 29.4 Å². The summed E-state index contributed by atoms with van der Waals surface area (Å²) in [5.74, 6) is -4.74. The summed E-state index contributed by atoms with van der Waals surface area (Å²) < 4.78 is 25.8. The lowest BCUT2D eigenvalue weighted by Crippen LogP contribution is -2.30. The van der Waals surface area contributed by atoms with E-state index in [0.29, 0.717) is 12.8 Å². The molecule has 1 fully saturated rings. The standard InChI is InChI=1S/C14H15F2NO3/c1-7-4-9(10(5-7)14(19)20)13(18)17-8-2-3-11(15)12(16)6-8/h2-3,6-7,9-10H,4-5H2,1H3,(H,17,18)(H,19,20)/t7?,9-,10+/m0/s1. The molecule has 1 aliphatic rings. The number of carbonyl (C=O) groups excluding carboxylic acids is 1. The number of carboxylic acids is 1. The lowest BCUT2D eigenvalue weighted by Gasteiger charge is -2.15. The first-order chi connectivity index (χ1) is 9.38. The van der Waals surface area contributed by atoms with Gasteiger partial charge in [-0.05, 0) is 30.9 Å². The molecule has 1 aliphatic carbocycles. The van der Waals surface area contributed by atoms with Crippen molar-refractivity contribution < 1.29 is 23.5 Å². The molecule has 0 spiro atoms. The summed E-state index contributed by atoms with van der Waals surface area (Å²) in [6.45, 7) is 1.89. The van der Waals surface area contributed by atoms with Crippen molar-refractivity contribution in [3.05, 3.63) is 29.8 Å². The Hall–Kier alpha value is -1.98. The zero-order valence-electron chi connectivity index (χ0n) is 10.9. The van der Waals surface area contributed by atoms with Gasteiger partial charge in [0.1, 0.15) is 0 Å². The number of benzene rings is 1. The molecule has 1 aromatic carbocycles. The minimum atomic E-state index is -1.06. The van der Waals surface area contributed by atoms with Crippen LogP contribution in [-0.2, 0) is 9.59 Å². The zero-order chi connectivity index (χ0) is 14.9. The first-order valence-electron chi connectivity index (χ1n) is 6.37. The average Bonchev–Trinajstić information content (AvgIpc) is 2.76. The van der Waals surface area contributed by atoms with Crippen LogP contribution in [0.2, 0.25) is 0 Å². The Morgan fingerprint density at radius 1 is 1.20 bits per heavy atom. The molecule has 6 heteroatoms. The second-order valence-corrected chi connectivity index (χ2v) is 5.25.